The Morgan fingerprint density at radius 1 is 1.70 bits per heavy atom. The first-order valence-electron chi connectivity index (χ1n) is 2.95. The van der Waals surface area contributed by atoms with Gasteiger partial charge in [-0.3, -0.25) is 0 Å². The highest BCUT2D eigenvalue weighted by Gasteiger charge is 1.95. The average molecular weight is 133 g/mol. The lowest BCUT2D eigenvalue weighted by Crippen LogP contribution is -1.71. The van der Waals surface area contributed by atoms with Crippen molar-refractivity contribution in [3.05, 3.63) is 30.2 Å². The van der Waals surface area contributed by atoms with Crippen LogP contribution in [0.3, 0.4) is 0 Å². The van der Waals surface area contributed by atoms with Crippen LogP contribution in [0.2, 0.25) is 0 Å². The van der Waals surface area contributed by atoms with Gasteiger partial charge in [0.2, 0.25) is 0 Å². The van der Waals surface area contributed by atoms with Crippen molar-refractivity contribution in [2.45, 2.75) is 6.42 Å². The van der Waals surface area contributed by atoms with Crippen molar-refractivity contribution in [2.75, 3.05) is 0 Å². The van der Waals surface area contributed by atoms with E-state index >= 15 is 0 Å². The number of rotatable bonds is 2. The minimum absolute atomic E-state index is 0.327. The predicted octanol–water partition coefficient (Wildman–Crippen LogP) is 1.99. The molecule has 1 heterocycles. The van der Waals surface area contributed by atoms with E-state index in [9.17, 15) is 0 Å². The van der Waals surface area contributed by atoms with Crippen molar-refractivity contribution in [2.24, 2.45) is 0 Å². The molecule has 0 aliphatic carbocycles. The Morgan fingerprint density at radius 2 is 2.50 bits per heavy atom. The Morgan fingerprint density at radius 3 is 3.00 bits per heavy atom. The van der Waals surface area contributed by atoms with E-state index in [1.807, 2.05) is 6.07 Å². The number of nitrogens with zero attached hydrogens (tertiary/aromatic N) is 1. The van der Waals surface area contributed by atoms with Gasteiger partial charge in [-0.2, -0.15) is 5.26 Å². The number of nitriles is 1. The normalized spacial score (nSPS) is 8.70. The standard InChI is InChI=1S/C8H7NO/c1-2-7-3-4-8(10-7)5-6-9/h2-4H,1,5H2. The summed E-state index contributed by atoms with van der Waals surface area (Å²) < 4.78 is 5.13. The largest absolute Gasteiger partial charge is 0.461 e. The second-order valence-corrected chi connectivity index (χ2v) is 1.84. The molecule has 0 aromatic carbocycles. The van der Waals surface area contributed by atoms with E-state index in [2.05, 4.69) is 6.58 Å². The van der Waals surface area contributed by atoms with Crippen LogP contribution in [0.15, 0.2) is 23.1 Å². The molecule has 0 atom stereocenters. The Balaban J connectivity index is 2.80. The Bertz CT molecular complexity index is 267. The van der Waals surface area contributed by atoms with Crippen molar-refractivity contribution in [3.8, 4) is 6.07 Å². The molecule has 10 heavy (non-hydrogen) atoms. The van der Waals surface area contributed by atoms with Crippen LogP contribution in [0.5, 0.6) is 0 Å². The molecular formula is C8H7NO. The third kappa shape index (κ3) is 1.26. The molecule has 0 amide bonds. The van der Waals surface area contributed by atoms with Crippen molar-refractivity contribution in [1.82, 2.24) is 0 Å². The fourth-order valence-corrected chi connectivity index (χ4v) is 0.677. The van der Waals surface area contributed by atoms with Gasteiger partial charge in [-0.25, -0.2) is 0 Å². The molecule has 0 spiro atoms. The van der Waals surface area contributed by atoms with E-state index < -0.39 is 0 Å². The Kier molecular flexibility index (Phi) is 1.91. The molecule has 2 nitrogen and oxygen atoms in total. The molecule has 0 bridgehead atoms. The summed E-state index contributed by atoms with van der Waals surface area (Å²) in [5.74, 6) is 1.41. The number of furan rings is 1. The zero-order valence-electron chi connectivity index (χ0n) is 5.50. The molecule has 0 aliphatic rings. The molecule has 0 radical (unpaired) electrons. The fraction of sp³-hybridized carbons (Fsp3) is 0.125. The van der Waals surface area contributed by atoms with Crippen molar-refractivity contribution >= 4 is 6.08 Å². The quantitative estimate of drug-likeness (QED) is 0.618. The third-order valence-electron chi connectivity index (χ3n) is 1.14. The summed E-state index contributed by atoms with van der Waals surface area (Å²) >= 11 is 0. The lowest BCUT2D eigenvalue weighted by Gasteiger charge is -1.82. The molecule has 1 rings (SSSR count). The van der Waals surface area contributed by atoms with Gasteiger partial charge in [-0.1, -0.05) is 6.58 Å². The van der Waals surface area contributed by atoms with Crippen LogP contribution in [0.25, 0.3) is 6.08 Å². The molecule has 0 aliphatic heterocycles. The van der Waals surface area contributed by atoms with E-state index in [0.717, 1.165) is 0 Å². The van der Waals surface area contributed by atoms with Crippen LogP contribution in [0.4, 0.5) is 0 Å². The van der Waals surface area contributed by atoms with Gasteiger partial charge in [-0.15, -0.1) is 0 Å². The molecule has 1 aromatic heterocycles. The van der Waals surface area contributed by atoms with Gasteiger partial charge in [0.1, 0.15) is 11.5 Å². The lowest BCUT2D eigenvalue weighted by molar-refractivity contribution is 0.515. The minimum atomic E-state index is 0.327. The maximum Gasteiger partial charge on any atom is 0.126 e. The summed E-state index contributed by atoms with van der Waals surface area (Å²) in [6, 6.07) is 5.56. The van der Waals surface area contributed by atoms with Crippen LogP contribution in [-0.4, -0.2) is 0 Å². The first-order valence-corrected chi connectivity index (χ1v) is 2.95. The van der Waals surface area contributed by atoms with Crippen LogP contribution < -0.4 is 0 Å². The van der Waals surface area contributed by atoms with Crippen molar-refractivity contribution < 1.29 is 4.42 Å². The summed E-state index contributed by atoms with van der Waals surface area (Å²) in [6.45, 7) is 3.53. The number of hydrogen-bond donors (Lipinski definition) is 0. The lowest BCUT2D eigenvalue weighted by atomic mass is 10.3. The fourth-order valence-electron chi connectivity index (χ4n) is 0.677. The SMILES string of the molecule is C=Cc1ccc(CC#N)o1. The first-order chi connectivity index (χ1) is 4.86. The summed E-state index contributed by atoms with van der Waals surface area (Å²) in [5, 5.41) is 8.27. The monoisotopic (exact) mass is 133 g/mol. The Hall–Kier alpha value is -1.49. The molecule has 1 aromatic rings. The average Bonchev–Trinajstić information content (AvgIpc) is 2.37. The highest BCUT2D eigenvalue weighted by molar-refractivity contribution is 5.39. The molecule has 50 valence electrons. The summed E-state index contributed by atoms with van der Waals surface area (Å²) in [4.78, 5) is 0. The highest BCUT2D eigenvalue weighted by atomic mass is 16.3. The van der Waals surface area contributed by atoms with Gasteiger partial charge in [-0.05, 0) is 18.2 Å². The molecular weight excluding hydrogens is 126 g/mol. The zero-order chi connectivity index (χ0) is 7.40. The third-order valence-corrected chi connectivity index (χ3v) is 1.14. The van der Waals surface area contributed by atoms with Gasteiger partial charge in [0, 0.05) is 0 Å². The van der Waals surface area contributed by atoms with Crippen molar-refractivity contribution in [3.63, 3.8) is 0 Å². The van der Waals surface area contributed by atoms with E-state index in [4.69, 9.17) is 9.68 Å². The van der Waals surface area contributed by atoms with Crippen LogP contribution in [0.1, 0.15) is 11.5 Å². The van der Waals surface area contributed by atoms with Gasteiger partial charge < -0.3 is 4.42 Å². The second kappa shape index (κ2) is 2.88. The molecule has 2 heteroatoms. The second-order valence-electron chi connectivity index (χ2n) is 1.84. The summed E-state index contributed by atoms with van der Waals surface area (Å²) in [7, 11) is 0. The predicted molar refractivity (Wildman–Crippen MR) is 38.1 cm³/mol. The molecule has 0 saturated heterocycles. The smallest absolute Gasteiger partial charge is 0.126 e. The van der Waals surface area contributed by atoms with Crippen molar-refractivity contribution in [1.29, 1.82) is 5.26 Å². The van der Waals surface area contributed by atoms with E-state index in [-0.39, 0.29) is 0 Å². The molecule has 0 N–H and O–H groups in total. The van der Waals surface area contributed by atoms with Crippen LogP contribution in [-0.2, 0) is 6.42 Å². The van der Waals surface area contributed by atoms with E-state index in [1.54, 1.807) is 18.2 Å². The van der Waals surface area contributed by atoms with E-state index in [0.29, 0.717) is 17.9 Å². The zero-order valence-corrected chi connectivity index (χ0v) is 5.50. The van der Waals surface area contributed by atoms with E-state index in [1.165, 1.54) is 0 Å². The van der Waals surface area contributed by atoms with Gasteiger partial charge in [0.05, 0.1) is 12.5 Å². The van der Waals surface area contributed by atoms with Gasteiger partial charge >= 0.3 is 0 Å². The highest BCUT2D eigenvalue weighted by Crippen LogP contribution is 2.08. The molecule has 0 fully saturated rings. The molecule has 0 unspecified atom stereocenters. The van der Waals surface area contributed by atoms with Crippen LogP contribution in [0, 0.1) is 11.3 Å². The summed E-state index contributed by atoms with van der Waals surface area (Å²) in [6.07, 6.45) is 1.94. The maximum absolute atomic E-state index is 8.27. The summed E-state index contributed by atoms with van der Waals surface area (Å²) in [5.41, 5.74) is 0. The number of hydrogen-bond acceptors (Lipinski definition) is 2. The van der Waals surface area contributed by atoms with Crippen LogP contribution >= 0.6 is 0 Å². The van der Waals surface area contributed by atoms with Gasteiger partial charge in [0.15, 0.2) is 0 Å². The first kappa shape index (κ1) is 6.63. The molecule has 0 saturated carbocycles. The Labute approximate surface area is 59.4 Å². The minimum Gasteiger partial charge on any atom is -0.461 e. The maximum atomic E-state index is 8.27. The van der Waals surface area contributed by atoms with Gasteiger partial charge in [0.25, 0.3) is 0 Å². The topological polar surface area (TPSA) is 36.9 Å².